The summed E-state index contributed by atoms with van der Waals surface area (Å²) in [5.74, 6) is 0. The van der Waals surface area contributed by atoms with Gasteiger partial charge in [0, 0.05) is 36.9 Å². The van der Waals surface area contributed by atoms with Gasteiger partial charge in [0.05, 0.1) is 22.7 Å². The van der Waals surface area contributed by atoms with E-state index in [-0.39, 0.29) is 0 Å². The predicted octanol–water partition coefficient (Wildman–Crippen LogP) is 2.93. The lowest BCUT2D eigenvalue weighted by Crippen LogP contribution is -2.04. The highest BCUT2D eigenvalue weighted by Crippen LogP contribution is 2.28. The van der Waals surface area contributed by atoms with Crippen LogP contribution in [0.3, 0.4) is 0 Å². The topological polar surface area (TPSA) is 55.6 Å². The maximum atomic E-state index is 6.29. The fraction of sp³-hybridized carbons (Fsp3) is 0.0714. The number of halogens is 1. The van der Waals surface area contributed by atoms with Crippen molar-refractivity contribution in [1.29, 1.82) is 0 Å². The van der Waals surface area contributed by atoms with E-state index in [9.17, 15) is 0 Å². The van der Waals surface area contributed by atoms with E-state index >= 15 is 0 Å². The number of rotatable bonds is 4. The van der Waals surface area contributed by atoms with Gasteiger partial charge in [0.2, 0.25) is 0 Å². The van der Waals surface area contributed by atoms with Gasteiger partial charge < -0.3 is 9.88 Å². The summed E-state index contributed by atoms with van der Waals surface area (Å²) in [6.45, 7) is 0.628. The van der Waals surface area contributed by atoms with Crippen molar-refractivity contribution >= 4 is 17.3 Å². The van der Waals surface area contributed by atoms with Crippen molar-refractivity contribution in [1.82, 2.24) is 19.5 Å². The first-order valence-electron chi connectivity index (χ1n) is 6.09. The number of hydrogen-bond acceptors (Lipinski definition) is 4. The summed E-state index contributed by atoms with van der Waals surface area (Å²) in [5, 5.41) is 4.01. The molecule has 1 aromatic carbocycles. The molecule has 0 bridgehead atoms. The van der Waals surface area contributed by atoms with Gasteiger partial charge in [0.1, 0.15) is 6.33 Å². The van der Waals surface area contributed by atoms with Crippen molar-refractivity contribution in [3.05, 3.63) is 66.2 Å². The number of benzene rings is 1. The van der Waals surface area contributed by atoms with E-state index in [4.69, 9.17) is 11.6 Å². The van der Waals surface area contributed by atoms with E-state index in [0.717, 1.165) is 16.9 Å². The highest BCUT2D eigenvalue weighted by atomic mass is 35.5. The molecule has 0 spiro atoms. The van der Waals surface area contributed by atoms with Gasteiger partial charge in [-0.2, -0.15) is 0 Å². The summed E-state index contributed by atoms with van der Waals surface area (Å²) in [6.07, 6.45) is 10.4. The Morgan fingerprint density at radius 3 is 2.75 bits per heavy atom. The number of para-hydroxylation sites is 1. The first kappa shape index (κ1) is 12.6. The number of imidazole rings is 1. The zero-order chi connectivity index (χ0) is 13.8. The molecule has 0 unspecified atom stereocenters. The lowest BCUT2D eigenvalue weighted by Gasteiger charge is -2.14. The molecule has 0 saturated carbocycles. The van der Waals surface area contributed by atoms with Crippen LogP contribution in [0.15, 0.2) is 55.6 Å². The Morgan fingerprint density at radius 2 is 2.00 bits per heavy atom. The lowest BCUT2D eigenvalue weighted by molar-refractivity contribution is 1.02. The minimum atomic E-state index is 0.628. The van der Waals surface area contributed by atoms with E-state index in [0.29, 0.717) is 11.6 Å². The average molecular weight is 286 g/mol. The quantitative estimate of drug-likeness (QED) is 0.801. The second-order valence-electron chi connectivity index (χ2n) is 4.21. The average Bonchev–Trinajstić information content (AvgIpc) is 3.00. The third-order valence-electron chi connectivity index (χ3n) is 2.85. The molecule has 3 aromatic rings. The van der Waals surface area contributed by atoms with Gasteiger partial charge in [-0.3, -0.25) is 0 Å². The first-order valence-corrected chi connectivity index (χ1v) is 6.47. The molecule has 0 amide bonds. The monoisotopic (exact) mass is 285 g/mol. The SMILES string of the molecule is Clc1cccc(NCc2cncnc2)c1-n1ccnc1. The Hall–Kier alpha value is -2.40. The highest BCUT2D eigenvalue weighted by Gasteiger charge is 2.08. The summed E-state index contributed by atoms with van der Waals surface area (Å²) in [6, 6.07) is 5.74. The normalized spacial score (nSPS) is 10.4. The van der Waals surface area contributed by atoms with Crippen LogP contribution in [0.5, 0.6) is 0 Å². The van der Waals surface area contributed by atoms with Gasteiger partial charge >= 0.3 is 0 Å². The molecule has 0 fully saturated rings. The van der Waals surface area contributed by atoms with Crippen LogP contribution in [-0.4, -0.2) is 19.5 Å². The molecule has 2 heterocycles. The molecular weight excluding hydrogens is 274 g/mol. The second-order valence-corrected chi connectivity index (χ2v) is 4.61. The molecule has 0 aliphatic heterocycles. The van der Waals surface area contributed by atoms with E-state index < -0.39 is 0 Å². The van der Waals surface area contributed by atoms with Gasteiger partial charge in [-0.1, -0.05) is 17.7 Å². The molecule has 3 rings (SSSR count). The lowest BCUT2D eigenvalue weighted by atomic mass is 10.2. The summed E-state index contributed by atoms with van der Waals surface area (Å²) in [5.41, 5.74) is 2.81. The number of nitrogens with one attached hydrogen (secondary N) is 1. The van der Waals surface area contributed by atoms with Crippen LogP contribution in [-0.2, 0) is 6.54 Å². The van der Waals surface area contributed by atoms with Gasteiger partial charge in [-0.15, -0.1) is 0 Å². The van der Waals surface area contributed by atoms with Crippen LogP contribution in [0.25, 0.3) is 5.69 Å². The third kappa shape index (κ3) is 2.62. The molecule has 20 heavy (non-hydrogen) atoms. The maximum absolute atomic E-state index is 6.29. The zero-order valence-electron chi connectivity index (χ0n) is 10.6. The Kier molecular flexibility index (Phi) is 3.60. The molecule has 0 aliphatic rings. The molecule has 0 atom stereocenters. The number of anilines is 1. The molecule has 1 N–H and O–H groups in total. The van der Waals surface area contributed by atoms with E-state index in [1.807, 2.05) is 29.0 Å². The van der Waals surface area contributed by atoms with E-state index in [2.05, 4.69) is 20.3 Å². The summed E-state index contributed by atoms with van der Waals surface area (Å²) >= 11 is 6.29. The zero-order valence-corrected chi connectivity index (χ0v) is 11.3. The smallest absolute Gasteiger partial charge is 0.115 e. The van der Waals surface area contributed by atoms with E-state index in [1.54, 1.807) is 24.9 Å². The van der Waals surface area contributed by atoms with Crippen LogP contribution < -0.4 is 5.32 Å². The van der Waals surface area contributed by atoms with Gasteiger partial charge in [0.25, 0.3) is 0 Å². The van der Waals surface area contributed by atoms with Crippen LogP contribution >= 0.6 is 11.6 Å². The number of nitrogens with zero attached hydrogens (tertiary/aromatic N) is 4. The highest BCUT2D eigenvalue weighted by molar-refractivity contribution is 6.33. The Bertz CT molecular complexity index is 682. The fourth-order valence-electron chi connectivity index (χ4n) is 1.93. The van der Waals surface area contributed by atoms with Crippen molar-refractivity contribution in [2.75, 3.05) is 5.32 Å². The summed E-state index contributed by atoms with van der Waals surface area (Å²) in [7, 11) is 0. The van der Waals surface area contributed by atoms with E-state index in [1.165, 1.54) is 6.33 Å². The molecule has 100 valence electrons. The van der Waals surface area contributed by atoms with Crippen LogP contribution in [0.2, 0.25) is 5.02 Å². The largest absolute Gasteiger partial charge is 0.379 e. The second kappa shape index (κ2) is 5.71. The van der Waals surface area contributed by atoms with Crippen molar-refractivity contribution < 1.29 is 0 Å². The molecular formula is C14H12ClN5. The molecule has 0 aliphatic carbocycles. The van der Waals surface area contributed by atoms with Crippen LogP contribution in [0.1, 0.15) is 5.56 Å². The van der Waals surface area contributed by atoms with Gasteiger partial charge in [-0.25, -0.2) is 15.0 Å². The summed E-state index contributed by atoms with van der Waals surface area (Å²) in [4.78, 5) is 12.0. The standard InChI is InChI=1S/C14H12ClN5/c15-12-2-1-3-13(14(12)20-5-4-16-10-20)19-8-11-6-17-9-18-7-11/h1-7,9-10,19H,8H2. The van der Waals surface area contributed by atoms with Crippen LogP contribution in [0, 0.1) is 0 Å². The van der Waals surface area contributed by atoms with Gasteiger partial charge in [-0.05, 0) is 12.1 Å². The molecule has 2 aromatic heterocycles. The number of aromatic nitrogens is 4. The van der Waals surface area contributed by atoms with Gasteiger partial charge in [0.15, 0.2) is 0 Å². The van der Waals surface area contributed by atoms with Crippen molar-refractivity contribution in [3.63, 3.8) is 0 Å². The molecule has 0 radical (unpaired) electrons. The fourth-order valence-corrected chi connectivity index (χ4v) is 2.20. The first-order chi connectivity index (χ1) is 9.84. The Morgan fingerprint density at radius 1 is 1.15 bits per heavy atom. The Balaban J connectivity index is 1.88. The van der Waals surface area contributed by atoms with Crippen molar-refractivity contribution in [3.8, 4) is 5.69 Å². The number of hydrogen-bond donors (Lipinski definition) is 1. The van der Waals surface area contributed by atoms with Crippen LogP contribution in [0.4, 0.5) is 5.69 Å². The minimum absolute atomic E-state index is 0.628. The molecule has 6 heteroatoms. The van der Waals surface area contributed by atoms with Crippen molar-refractivity contribution in [2.24, 2.45) is 0 Å². The minimum Gasteiger partial charge on any atom is -0.379 e. The molecule has 5 nitrogen and oxygen atoms in total. The molecule has 0 saturated heterocycles. The Labute approximate surface area is 121 Å². The summed E-state index contributed by atoms with van der Waals surface area (Å²) < 4.78 is 1.88. The predicted molar refractivity (Wildman–Crippen MR) is 77.9 cm³/mol. The third-order valence-corrected chi connectivity index (χ3v) is 3.15. The maximum Gasteiger partial charge on any atom is 0.115 e. The van der Waals surface area contributed by atoms with Crippen molar-refractivity contribution in [2.45, 2.75) is 6.54 Å².